The maximum Gasteiger partial charge on any atom is 0.149 e. The molecule has 0 spiro atoms. The van der Waals surface area contributed by atoms with Crippen molar-refractivity contribution >= 4 is 50.6 Å². The van der Waals surface area contributed by atoms with Gasteiger partial charge in [0, 0.05) is 16.4 Å². The quantitative estimate of drug-likeness (QED) is 0.857. The van der Waals surface area contributed by atoms with Gasteiger partial charge >= 0.3 is 0 Å². The van der Waals surface area contributed by atoms with E-state index in [1.807, 2.05) is 6.07 Å². The minimum atomic E-state index is 0.524. The minimum Gasteiger partial charge on any atom is -0.495 e. The number of nitrogens with one attached hydrogen (secondary N) is 1. The van der Waals surface area contributed by atoms with Gasteiger partial charge < -0.3 is 10.1 Å². The molecule has 2 rings (SSSR count). The van der Waals surface area contributed by atoms with E-state index in [1.54, 1.807) is 31.5 Å². The predicted octanol–water partition coefficient (Wildman–Crippen LogP) is 4.90. The number of aromatic nitrogens is 1. The third-order valence-electron chi connectivity index (χ3n) is 2.22. The summed E-state index contributed by atoms with van der Waals surface area (Å²) in [6.45, 7) is 0. The lowest BCUT2D eigenvalue weighted by molar-refractivity contribution is 0.415. The number of nitrogens with zero attached hydrogens (tertiary/aromatic N) is 1. The first-order valence-electron chi connectivity index (χ1n) is 5.02. The van der Waals surface area contributed by atoms with Crippen molar-refractivity contribution < 1.29 is 4.74 Å². The van der Waals surface area contributed by atoms with Crippen molar-refractivity contribution in [2.24, 2.45) is 0 Å². The van der Waals surface area contributed by atoms with Gasteiger partial charge in [-0.1, -0.05) is 23.2 Å². The standard InChI is InChI=1S/C12H9BrCl2N2O/c1-18-11-3-2-8(5-9(11)14)17-12-10(15)4-7(13)6-16-12/h2-6H,1H3,(H,16,17). The average Bonchev–Trinajstić information content (AvgIpc) is 2.33. The fourth-order valence-electron chi connectivity index (χ4n) is 1.39. The Balaban J connectivity index is 2.26. The molecule has 0 saturated heterocycles. The van der Waals surface area contributed by atoms with E-state index in [2.05, 4.69) is 26.2 Å². The average molecular weight is 348 g/mol. The summed E-state index contributed by atoms with van der Waals surface area (Å²) in [6.07, 6.45) is 1.67. The molecule has 0 aliphatic heterocycles. The molecule has 2 aromatic rings. The summed E-state index contributed by atoms with van der Waals surface area (Å²) in [5.41, 5.74) is 0.789. The fraction of sp³-hybridized carbons (Fsp3) is 0.0833. The lowest BCUT2D eigenvalue weighted by Crippen LogP contribution is -1.95. The molecule has 1 N–H and O–H groups in total. The van der Waals surface area contributed by atoms with Crippen molar-refractivity contribution in [2.45, 2.75) is 0 Å². The molecule has 0 saturated carbocycles. The summed E-state index contributed by atoms with van der Waals surface area (Å²) in [6, 6.07) is 7.13. The van der Waals surface area contributed by atoms with Crippen LogP contribution in [0.1, 0.15) is 0 Å². The lowest BCUT2D eigenvalue weighted by Gasteiger charge is -2.09. The van der Waals surface area contributed by atoms with Gasteiger partial charge in [-0.2, -0.15) is 0 Å². The number of pyridine rings is 1. The Bertz CT molecular complexity index is 578. The molecule has 0 unspecified atom stereocenters. The van der Waals surface area contributed by atoms with Crippen molar-refractivity contribution in [2.75, 3.05) is 12.4 Å². The molecule has 0 aliphatic rings. The molecular formula is C12H9BrCl2N2O. The Hall–Kier alpha value is -0.970. The second-order valence-electron chi connectivity index (χ2n) is 3.46. The number of hydrogen-bond acceptors (Lipinski definition) is 3. The number of methoxy groups -OCH3 is 1. The molecule has 0 bridgehead atoms. The second-order valence-corrected chi connectivity index (χ2v) is 5.19. The van der Waals surface area contributed by atoms with Crippen LogP contribution >= 0.6 is 39.1 Å². The SMILES string of the molecule is COc1ccc(Nc2ncc(Br)cc2Cl)cc1Cl. The highest BCUT2D eigenvalue weighted by molar-refractivity contribution is 9.10. The number of hydrogen-bond donors (Lipinski definition) is 1. The first-order chi connectivity index (χ1) is 8.60. The summed E-state index contributed by atoms with van der Waals surface area (Å²) in [7, 11) is 1.57. The summed E-state index contributed by atoms with van der Waals surface area (Å²) in [5, 5.41) is 4.14. The van der Waals surface area contributed by atoms with Crippen LogP contribution in [0.25, 0.3) is 0 Å². The van der Waals surface area contributed by atoms with Crippen LogP contribution in [0.2, 0.25) is 10.0 Å². The van der Waals surface area contributed by atoms with Crippen LogP contribution in [0.4, 0.5) is 11.5 Å². The highest BCUT2D eigenvalue weighted by atomic mass is 79.9. The van der Waals surface area contributed by atoms with Gasteiger partial charge in [0.15, 0.2) is 0 Å². The van der Waals surface area contributed by atoms with E-state index < -0.39 is 0 Å². The van der Waals surface area contributed by atoms with Crippen LogP contribution in [0.5, 0.6) is 5.75 Å². The van der Waals surface area contributed by atoms with Crippen molar-refractivity contribution in [3.8, 4) is 5.75 Å². The third kappa shape index (κ3) is 3.07. The van der Waals surface area contributed by atoms with Gasteiger partial charge in [0.2, 0.25) is 0 Å². The minimum absolute atomic E-state index is 0.524. The molecule has 0 atom stereocenters. The summed E-state index contributed by atoms with van der Waals surface area (Å²) < 4.78 is 5.91. The van der Waals surface area contributed by atoms with Crippen molar-refractivity contribution in [3.63, 3.8) is 0 Å². The molecule has 94 valence electrons. The molecule has 18 heavy (non-hydrogen) atoms. The number of halogens is 3. The van der Waals surface area contributed by atoms with Crippen LogP contribution in [-0.2, 0) is 0 Å². The molecule has 0 amide bonds. The molecule has 1 aromatic heterocycles. The zero-order chi connectivity index (χ0) is 13.1. The van der Waals surface area contributed by atoms with E-state index >= 15 is 0 Å². The maximum atomic E-state index is 6.07. The van der Waals surface area contributed by atoms with Crippen LogP contribution in [0, 0.1) is 0 Å². The molecule has 3 nitrogen and oxygen atoms in total. The van der Waals surface area contributed by atoms with E-state index in [0.29, 0.717) is 21.6 Å². The first kappa shape index (κ1) is 13.5. The van der Waals surface area contributed by atoms with Gasteiger partial charge in [-0.15, -0.1) is 0 Å². The van der Waals surface area contributed by atoms with Crippen LogP contribution < -0.4 is 10.1 Å². The highest BCUT2D eigenvalue weighted by Crippen LogP contribution is 2.30. The van der Waals surface area contributed by atoms with Crippen LogP contribution in [0.3, 0.4) is 0 Å². The lowest BCUT2D eigenvalue weighted by atomic mass is 10.3. The number of ether oxygens (including phenoxy) is 1. The Morgan fingerprint density at radius 2 is 2.00 bits per heavy atom. The molecule has 0 radical (unpaired) electrons. The van der Waals surface area contributed by atoms with E-state index in [4.69, 9.17) is 27.9 Å². The molecule has 0 aliphatic carbocycles. The van der Waals surface area contributed by atoms with E-state index in [1.165, 1.54) is 0 Å². The van der Waals surface area contributed by atoms with E-state index in [9.17, 15) is 0 Å². The molecule has 6 heteroatoms. The third-order valence-corrected chi connectivity index (χ3v) is 3.24. The van der Waals surface area contributed by atoms with Crippen LogP contribution in [-0.4, -0.2) is 12.1 Å². The Morgan fingerprint density at radius 1 is 1.22 bits per heavy atom. The monoisotopic (exact) mass is 346 g/mol. The topological polar surface area (TPSA) is 34.1 Å². The Kier molecular flexibility index (Phi) is 4.32. The normalized spacial score (nSPS) is 10.2. The highest BCUT2D eigenvalue weighted by Gasteiger charge is 2.05. The van der Waals surface area contributed by atoms with E-state index in [-0.39, 0.29) is 0 Å². The second kappa shape index (κ2) is 5.78. The predicted molar refractivity (Wildman–Crippen MR) is 78.2 cm³/mol. The zero-order valence-corrected chi connectivity index (χ0v) is 12.5. The van der Waals surface area contributed by atoms with Crippen molar-refractivity contribution in [3.05, 3.63) is 45.0 Å². The Labute approximate surface area is 123 Å². The van der Waals surface area contributed by atoms with Crippen molar-refractivity contribution in [1.29, 1.82) is 0 Å². The summed E-state index contributed by atoms with van der Waals surface area (Å²) in [4.78, 5) is 4.18. The summed E-state index contributed by atoms with van der Waals surface area (Å²) in [5.74, 6) is 1.19. The molecule has 0 fully saturated rings. The zero-order valence-electron chi connectivity index (χ0n) is 9.38. The number of benzene rings is 1. The molecule has 1 aromatic carbocycles. The summed E-state index contributed by atoms with van der Waals surface area (Å²) >= 11 is 15.4. The van der Waals surface area contributed by atoms with Gasteiger partial charge in [0.1, 0.15) is 11.6 Å². The van der Waals surface area contributed by atoms with Gasteiger partial charge in [-0.05, 0) is 40.2 Å². The fourth-order valence-corrected chi connectivity index (χ4v) is 2.32. The van der Waals surface area contributed by atoms with E-state index in [0.717, 1.165) is 10.2 Å². The van der Waals surface area contributed by atoms with Gasteiger partial charge in [0.05, 0.1) is 17.2 Å². The van der Waals surface area contributed by atoms with Crippen LogP contribution in [0.15, 0.2) is 34.9 Å². The number of anilines is 2. The maximum absolute atomic E-state index is 6.07. The van der Waals surface area contributed by atoms with Gasteiger partial charge in [-0.25, -0.2) is 4.98 Å². The largest absolute Gasteiger partial charge is 0.495 e. The molecular weight excluding hydrogens is 339 g/mol. The smallest absolute Gasteiger partial charge is 0.149 e. The van der Waals surface area contributed by atoms with Crippen molar-refractivity contribution in [1.82, 2.24) is 4.98 Å². The Morgan fingerprint density at radius 3 is 2.61 bits per heavy atom. The van der Waals surface area contributed by atoms with Gasteiger partial charge in [-0.3, -0.25) is 0 Å². The van der Waals surface area contributed by atoms with Gasteiger partial charge in [0.25, 0.3) is 0 Å². The number of rotatable bonds is 3. The first-order valence-corrected chi connectivity index (χ1v) is 6.56. The molecule has 1 heterocycles.